The van der Waals surface area contributed by atoms with E-state index in [9.17, 15) is 4.39 Å². The summed E-state index contributed by atoms with van der Waals surface area (Å²) >= 11 is 13.6. The Morgan fingerprint density at radius 1 is 0.850 bits per heavy atom. The van der Waals surface area contributed by atoms with Gasteiger partial charge >= 0.3 is 0 Å². The molecule has 4 heteroatoms. The van der Waals surface area contributed by atoms with E-state index in [-0.39, 0.29) is 11.9 Å². The van der Waals surface area contributed by atoms with Crippen LogP contribution in [-0.4, -0.2) is 12.4 Å². The van der Waals surface area contributed by atoms with E-state index < -0.39 is 0 Å². The first-order valence-corrected chi connectivity index (χ1v) is 8.19. The van der Waals surface area contributed by atoms with Gasteiger partial charge in [-0.25, -0.2) is 0 Å². The average molecular weight is 329 g/mol. The molecule has 0 aromatic heterocycles. The summed E-state index contributed by atoms with van der Waals surface area (Å²) in [4.78, 5) is 0. The number of hydrogen-bond acceptors (Lipinski definition) is 1. The zero-order valence-corrected chi connectivity index (χ0v) is 13.2. The van der Waals surface area contributed by atoms with Crippen molar-refractivity contribution in [3.05, 3.63) is 69.7 Å². The quantitative estimate of drug-likeness (QED) is 0.571. The molecule has 0 nitrogen and oxygen atoms in total. The van der Waals surface area contributed by atoms with Crippen LogP contribution in [0.15, 0.2) is 48.5 Å². The first kappa shape index (κ1) is 15.7. The van der Waals surface area contributed by atoms with E-state index in [0.29, 0.717) is 6.42 Å². The molecule has 2 aromatic carbocycles. The number of thioether (sulfide) groups is 1. The lowest BCUT2D eigenvalue weighted by atomic mass is 10.0. The van der Waals surface area contributed by atoms with Crippen molar-refractivity contribution < 1.29 is 4.39 Å². The Labute approximate surface area is 133 Å². The van der Waals surface area contributed by atoms with Crippen LogP contribution in [0.4, 0.5) is 4.39 Å². The summed E-state index contributed by atoms with van der Waals surface area (Å²) in [5.74, 6) is 0.784. The maximum Gasteiger partial charge on any atom is 0.0902 e. The smallest absolute Gasteiger partial charge is 0.0902 e. The topological polar surface area (TPSA) is 0 Å². The van der Waals surface area contributed by atoms with Crippen LogP contribution >= 0.6 is 35.0 Å². The lowest BCUT2D eigenvalue weighted by molar-refractivity contribution is 0.489. The summed E-state index contributed by atoms with van der Waals surface area (Å²) in [5.41, 5.74) is 2.33. The van der Waals surface area contributed by atoms with Crippen molar-refractivity contribution in [3.63, 3.8) is 0 Å². The third kappa shape index (κ3) is 4.41. The molecule has 106 valence electrons. The molecular weight excluding hydrogens is 314 g/mol. The van der Waals surface area contributed by atoms with E-state index in [1.165, 1.54) is 11.1 Å². The molecule has 0 amide bonds. The highest BCUT2D eigenvalue weighted by Crippen LogP contribution is 2.36. The second kappa shape index (κ2) is 7.92. The highest BCUT2D eigenvalue weighted by molar-refractivity contribution is 7.99. The molecule has 0 unspecified atom stereocenters. The SMILES string of the molecule is FCCCSC(c1ccc(Cl)cc1)c1ccc(Cl)cc1. The van der Waals surface area contributed by atoms with E-state index in [2.05, 4.69) is 0 Å². The molecule has 0 aliphatic carbocycles. The van der Waals surface area contributed by atoms with Crippen LogP contribution in [0.3, 0.4) is 0 Å². The van der Waals surface area contributed by atoms with E-state index in [1.54, 1.807) is 11.8 Å². The highest BCUT2D eigenvalue weighted by atomic mass is 35.5. The molecule has 2 aromatic rings. The van der Waals surface area contributed by atoms with Crippen LogP contribution < -0.4 is 0 Å². The lowest BCUT2D eigenvalue weighted by Gasteiger charge is -2.17. The van der Waals surface area contributed by atoms with Crippen LogP contribution in [0.25, 0.3) is 0 Å². The average Bonchev–Trinajstić information content (AvgIpc) is 2.46. The monoisotopic (exact) mass is 328 g/mol. The van der Waals surface area contributed by atoms with Gasteiger partial charge < -0.3 is 0 Å². The van der Waals surface area contributed by atoms with Crippen LogP contribution in [0, 0.1) is 0 Å². The van der Waals surface area contributed by atoms with Gasteiger partial charge in [-0.05, 0) is 47.6 Å². The van der Waals surface area contributed by atoms with Gasteiger partial charge in [0.2, 0.25) is 0 Å². The van der Waals surface area contributed by atoms with Gasteiger partial charge in [-0.1, -0.05) is 47.5 Å². The maximum atomic E-state index is 12.3. The van der Waals surface area contributed by atoms with Crippen LogP contribution in [0.2, 0.25) is 10.0 Å². The molecular formula is C16H15Cl2FS. The molecule has 20 heavy (non-hydrogen) atoms. The molecule has 0 spiro atoms. The summed E-state index contributed by atoms with van der Waals surface area (Å²) in [6.07, 6.45) is 0.572. The van der Waals surface area contributed by atoms with Gasteiger partial charge in [0.15, 0.2) is 0 Å². The minimum Gasteiger partial charge on any atom is -0.251 e. The van der Waals surface area contributed by atoms with Crippen molar-refractivity contribution in [2.24, 2.45) is 0 Å². The third-order valence-corrected chi connectivity index (χ3v) is 4.81. The fourth-order valence-electron chi connectivity index (χ4n) is 1.92. The largest absolute Gasteiger partial charge is 0.251 e. The number of benzene rings is 2. The molecule has 0 N–H and O–H groups in total. The fraction of sp³-hybridized carbons (Fsp3) is 0.250. The molecule has 0 bridgehead atoms. The van der Waals surface area contributed by atoms with Crippen molar-refractivity contribution >= 4 is 35.0 Å². The zero-order valence-electron chi connectivity index (χ0n) is 10.9. The summed E-state index contributed by atoms with van der Waals surface area (Å²) in [6.45, 7) is -0.277. The summed E-state index contributed by atoms with van der Waals surface area (Å²) in [5, 5.41) is 1.62. The Morgan fingerprint density at radius 2 is 1.30 bits per heavy atom. The summed E-state index contributed by atoms with van der Waals surface area (Å²) in [7, 11) is 0. The minimum absolute atomic E-state index is 0.177. The lowest BCUT2D eigenvalue weighted by Crippen LogP contribution is -1.98. The molecule has 0 saturated heterocycles. The van der Waals surface area contributed by atoms with Crippen molar-refractivity contribution in [2.45, 2.75) is 11.7 Å². The standard InChI is InChI=1S/C16H15Cl2FS/c17-14-6-2-12(3-7-14)16(20-11-1-10-19)13-4-8-15(18)9-5-13/h2-9,16H,1,10-11H2. The molecule has 0 aliphatic rings. The van der Waals surface area contributed by atoms with Crippen molar-refractivity contribution in [2.75, 3.05) is 12.4 Å². The first-order chi connectivity index (χ1) is 9.70. The maximum absolute atomic E-state index is 12.3. The second-order valence-electron chi connectivity index (χ2n) is 4.40. The first-order valence-electron chi connectivity index (χ1n) is 6.39. The molecule has 0 heterocycles. The van der Waals surface area contributed by atoms with Crippen LogP contribution in [0.5, 0.6) is 0 Å². The summed E-state index contributed by atoms with van der Waals surface area (Å²) < 4.78 is 12.3. The van der Waals surface area contributed by atoms with Gasteiger partial charge in [-0.2, -0.15) is 0 Å². The molecule has 0 saturated carbocycles. The predicted octanol–water partition coefficient (Wildman–Crippen LogP) is 6.18. The summed E-state index contributed by atoms with van der Waals surface area (Å²) in [6, 6.07) is 15.6. The van der Waals surface area contributed by atoms with E-state index in [0.717, 1.165) is 15.8 Å². The van der Waals surface area contributed by atoms with E-state index >= 15 is 0 Å². The van der Waals surface area contributed by atoms with Gasteiger partial charge in [-0.3, -0.25) is 4.39 Å². The number of alkyl halides is 1. The number of hydrogen-bond donors (Lipinski definition) is 0. The Hall–Kier alpha value is -0.700. The van der Waals surface area contributed by atoms with Crippen molar-refractivity contribution in [3.8, 4) is 0 Å². The van der Waals surface area contributed by atoms with Crippen LogP contribution in [-0.2, 0) is 0 Å². The Bertz CT molecular complexity index is 480. The normalized spacial score (nSPS) is 11.0. The van der Waals surface area contributed by atoms with Gasteiger partial charge in [-0.15, -0.1) is 11.8 Å². The Morgan fingerprint density at radius 3 is 1.70 bits per heavy atom. The highest BCUT2D eigenvalue weighted by Gasteiger charge is 2.14. The van der Waals surface area contributed by atoms with Gasteiger partial charge in [0.25, 0.3) is 0 Å². The second-order valence-corrected chi connectivity index (χ2v) is 6.48. The minimum atomic E-state index is -0.277. The number of rotatable bonds is 6. The zero-order chi connectivity index (χ0) is 14.4. The Kier molecular flexibility index (Phi) is 6.21. The van der Waals surface area contributed by atoms with Gasteiger partial charge in [0.05, 0.1) is 11.9 Å². The molecule has 0 radical (unpaired) electrons. The Balaban J connectivity index is 2.23. The predicted molar refractivity (Wildman–Crippen MR) is 87.8 cm³/mol. The molecule has 0 atom stereocenters. The van der Waals surface area contributed by atoms with Crippen LogP contribution in [0.1, 0.15) is 22.8 Å². The third-order valence-electron chi connectivity index (χ3n) is 2.91. The van der Waals surface area contributed by atoms with Gasteiger partial charge in [0.1, 0.15) is 0 Å². The molecule has 2 rings (SSSR count). The van der Waals surface area contributed by atoms with Gasteiger partial charge in [0, 0.05) is 10.0 Å². The van der Waals surface area contributed by atoms with Crippen molar-refractivity contribution in [1.29, 1.82) is 0 Å². The fourth-order valence-corrected chi connectivity index (χ4v) is 3.38. The number of halogens is 3. The van der Waals surface area contributed by atoms with Crippen molar-refractivity contribution in [1.82, 2.24) is 0 Å². The molecule has 0 aliphatic heterocycles. The molecule has 0 fully saturated rings. The van der Waals surface area contributed by atoms with E-state index in [1.807, 2.05) is 48.5 Å². The van der Waals surface area contributed by atoms with E-state index in [4.69, 9.17) is 23.2 Å².